The van der Waals surface area contributed by atoms with Crippen LogP contribution in [0.25, 0.3) is 0 Å². The molecule has 0 radical (unpaired) electrons. The number of carbonyl (C=O) groups excluding carboxylic acids is 1. The SMILES string of the molecule is O=C(NN=Cc1cc(Br)c(OCc2ccc(F)cc2)c(Br)c1)c1cccnc1Cl. The Morgan fingerprint density at radius 2 is 1.90 bits per heavy atom. The molecule has 0 unspecified atom stereocenters. The molecule has 0 aliphatic rings. The fourth-order valence-electron chi connectivity index (χ4n) is 2.31. The van der Waals surface area contributed by atoms with Crippen LogP contribution in [0.15, 0.2) is 68.8 Å². The third kappa shape index (κ3) is 5.85. The summed E-state index contributed by atoms with van der Waals surface area (Å²) in [5, 5.41) is 4.05. The number of hydrazone groups is 1. The zero-order valence-electron chi connectivity index (χ0n) is 14.7. The summed E-state index contributed by atoms with van der Waals surface area (Å²) < 4.78 is 20.2. The van der Waals surface area contributed by atoms with Crippen molar-refractivity contribution >= 4 is 55.6 Å². The van der Waals surface area contributed by atoms with E-state index in [4.69, 9.17) is 16.3 Å². The molecule has 0 saturated carbocycles. The number of benzene rings is 2. The van der Waals surface area contributed by atoms with Crippen molar-refractivity contribution < 1.29 is 13.9 Å². The Labute approximate surface area is 188 Å². The van der Waals surface area contributed by atoms with Crippen LogP contribution in [0.5, 0.6) is 5.75 Å². The first-order chi connectivity index (χ1) is 13.9. The van der Waals surface area contributed by atoms with Gasteiger partial charge in [-0.15, -0.1) is 0 Å². The van der Waals surface area contributed by atoms with Gasteiger partial charge < -0.3 is 4.74 Å². The summed E-state index contributed by atoms with van der Waals surface area (Å²) in [4.78, 5) is 15.9. The van der Waals surface area contributed by atoms with Gasteiger partial charge in [-0.1, -0.05) is 23.7 Å². The minimum absolute atomic E-state index is 0.105. The van der Waals surface area contributed by atoms with Crippen LogP contribution in [0.1, 0.15) is 21.5 Å². The second-order valence-electron chi connectivity index (χ2n) is 5.77. The summed E-state index contributed by atoms with van der Waals surface area (Å²) in [6.45, 7) is 0.285. The molecule has 5 nitrogen and oxygen atoms in total. The summed E-state index contributed by atoms with van der Waals surface area (Å²) in [6, 6.07) is 12.8. The number of aromatic nitrogens is 1. The van der Waals surface area contributed by atoms with Crippen LogP contribution in [0.3, 0.4) is 0 Å². The summed E-state index contributed by atoms with van der Waals surface area (Å²) in [5.41, 5.74) is 4.20. The largest absolute Gasteiger partial charge is 0.487 e. The summed E-state index contributed by atoms with van der Waals surface area (Å²) in [7, 11) is 0. The molecule has 0 aliphatic carbocycles. The lowest BCUT2D eigenvalue weighted by Crippen LogP contribution is -2.18. The second-order valence-corrected chi connectivity index (χ2v) is 7.84. The van der Waals surface area contributed by atoms with Crippen LogP contribution in [0.2, 0.25) is 5.15 Å². The molecule has 1 N–H and O–H groups in total. The first-order valence-corrected chi connectivity index (χ1v) is 10.2. The van der Waals surface area contributed by atoms with Crippen molar-refractivity contribution in [1.82, 2.24) is 10.4 Å². The molecule has 0 fully saturated rings. The lowest BCUT2D eigenvalue weighted by molar-refractivity contribution is 0.0955. The van der Waals surface area contributed by atoms with Crippen LogP contribution in [0, 0.1) is 5.82 Å². The third-order valence-corrected chi connectivity index (χ3v) is 5.18. The molecule has 1 aromatic heterocycles. The van der Waals surface area contributed by atoms with Crippen molar-refractivity contribution in [2.24, 2.45) is 5.10 Å². The first-order valence-electron chi connectivity index (χ1n) is 8.24. The molecule has 2 aromatic carbocycles. The average molecular weight is 542 g/mol. The van der Waals surface area contributed by atoms with E-state index in [2.05, 4.69) is 47.4 Å². The number of ether oxygens (including phenoxy) is 1. The molecule has 148 valence electrons. The van der Waals surface area contributed by atoms with Crippen molar-refractivity contribution in [3.8, 4) is 5.75 Å². The van der Waals surface area contributed by atoms with Crippen LogP contribution in [0.4, 0.5) is 4.39 Å². The molecule has 9 heteroatoms. The fraction of sp³-hybridized carbons (Fsp3) is 0.0500. The lowest BCUT2D eigenvalue weighted by atomic mass is 10.2. The van der Waals surface area contributed by atoms with Gasteiger partial charge in [0.15, 0.2) is 0 Å². The van der Waals surface area contributed by atoms with Crippen molar-refractivity contribution in [2.45, 2.75) is 6.61 Å². The summed E-state index contributed by atoms with van der Waals surface area (Å²) >= 11 is 12.8. The number of carbonyl (C=O) groups is 1. The molecule has 0 bridgehead atoms. The van der Waals surface area contributed by atoms with Crippen LogP contribution in [-0.2, 0) is 6.61 Å². The molecule has 0 atom stereocenters. The zero-order valence-corrected chi connectivity index (χ0v) is 18.6. The number of rotatable bonds is 6. The van der Waals surface area contributed by atoms with Gasteiger partial charge in [0.1, 0.15) is 23.3 Å². The maximum absolute atomic E-state index is 13.0. The maximum Gasteiger partial charge on any atom is 0.274 e. The smallest absolute Gasteiger partial charge is 0.274 e. The molecule has 1 amide bonds. The van der Waals surface area contributed by atoms with Gasteiger partial charge in [0.2, 0.25) is 0 Å². The molecule has 0 spiro atoms. The van der Waals surface area contributed by atoms with Gasteiger partial charge in [-0.2, -0.15) is 5.10 Å². The van der Waals surface area contributed by atoms with E-state index in [1.807, 2.05) is 0 Å². The van der Waals surface area contributed by atoms with E-state index in [-0.39, 0.29) is 23.1 Å². The van der Waals surface area contributed by atoms with Gasteiger partial charge in [0.05, 0.1) is 20.7 Å². The van der Waals surface area contributed by atoms with Gasteiger partial charge in [0.25, 0.3) is 5.91 Å². The standard InChI is InChI=1S/C20H13Br2ClFN3O2/c21-16-8-13(10-26-27-20(28)15-2-1-7-25-19(15)23)9-17(22)18(16)29-11-12-3-5-14(24)6-4-12/h1-10H,11H2,(H,27,28). The third-order valence-electron chi connectivity index (χ3n) is 3.70. The quantitative estimate of drug-likeness (QED) is 0.246. The van der Waals surface area contributed by atoms with E-state index in [9.17, 15) is 9.18 Å². The highest BCUT2D eigenvalue weighted by Gasteiger charge is 2.11. The highest BCUT2D eigenvalue weighted by molar-refractivity contribution is 9.11. The van der Waals surface area contributed by atoms with Crippen LogP contribution < -0.4 is 10.2 Å². The van der Waals surface area contributed by atoms with E-state index in [0.29, 0.717) is 14.7 Å². The monoisotopic (exact) mass is 539 g/mol. The Bertz CT molecular complexity index is 1040. The number of nitrogens with one attached hydrogen (secondary N) is 1. The van der Waals surface area contributed by atoms with Crippen molar-refractivity contribution in [2.75, 3.05) is 0 Å². The van der Waals surface area contributed by atoms with Gasteiger partial charge in [0, 0.05) is 6.20 Å². The zero-order chi connectivity index (χ0) is 20.8. The maximum atomic E-state index is 13.0. The van der Waals surface area contributed by atoms with E-state index in [1.165, 1.54) is 24.5 Å². The fourth-order valence-corrected chi connectivity index (χ4v) is 3.97. The summed E-state index contributed by atoms with van der Waals surface area (Å²) in [5.74, 6) is -0.160. The molecular formula is C20H13Br2ClFN3O2. The number of hydrogen-bond acceptors (Lipinski definition) is 4. The Balaban J connectivity index is 1.65. The normalized spacial score (nSPS) is 10.9. The number of nitrogens with zero attached hydrogens (tertiary/aromatic N) is 2. The first kappa shape index (κ1) is 21.4. The average Bonchev–Trinajstić information content (AvgIpc) is 2.69. The number of hydrogen-bond donors (Lipinski definition) is 1. The molecule has 0 saturated heterocycles. The highest BCUT2D eigenvalue weighted by Crippen LogP contribution is 2.35. The molecule has 0 aliphatic heterocycles. The Morgan fingerprint density at radius 1 is 1.21 bits per heavy atom. The van der Waals surface area contributed by atoms with Crippen molar-refractivity contribution in [3.05, 3.63) is 91.3 Å². The molecule has 3 aromatic rings. The number of pyridine rings is 1. The van der Waals surface area contributed by atoms with Gasteiger partial charge in [-0.3, -0.25) is 4.79 Å². The topological polar surface area (TPSA) is 63.6 Å². The van der Waals surface area contributed by atoms with E-state index in [1.54, 1.807) is 36.4 Å². The minimum Gasteiger partial charge on any atom is -0.487 e. The van der Waals surface area contributed by atoms with Crippen LogP contribution >= 0.6 is 43.5 Å². The van der Waals surface area contributed by atoms with E-state index >= 15 is 0 Å². The predicted molar refractivity (Wildman–Crippen MR) is 117 cm³/mol. The van der Waals surface area contributed by atoms with E-state index in [0.717, 1.165) is 11.1 Å². The molecule has 29 heavy (non-hydrogen) atoms. The Morgan fingerprint density at radius 3 is 2.55 bits per heavy atom. The summed E-state index contributed by atoms with van der Waals surface area (Å²) in [6.07, 6.45) is 2.98. The Kier molecular flexibility index (Phi) is 7.35. The van der Waals surface area contributed by atoms with Crippen LogP contribution in [-0.4, -0.2) is 17.1 Å². The highest BCUT2D eigenvalue weighted by atomic mass is 79.9. The lowest BCUT2D eigenvalue weighted by Gasteiger charge is -2.11. The predicted octanol–water partition coefficient (Wildman–Crippen LogP) is 5.74. The van der Waals surface area contributed by atoms with Crippen molar-refractivity contribution in [1.29, 1.82) is 0 Å². The van der Waals surface area contributed by atoms with Gasteiger partial charge >= 0.3 is 0 Å². The van der Waals surface area contributed by atoms with Gasteiger partial charge in [-0.05, 0) is 79.4 Å². The van der Waals surface area contributed by atoms with Gasteiger partial charge in [-0.25, -0.2) is 14.8 Å². The van der Waals surface area contributed by atoms with Crippen molar-refractivity contribution in [3.63, 3.8) is 0 Å². The second kappa shape index (κ2) is 9.96. The minimum atomic E-state index is -0.461. The number of halogens is 4. The molecule has 3 rings (SSSR count). The number of amides is 1. The Hall–Kier alpha value is -2.29. The molecular weight excluding hydrogens is 528 g/mol. The molecule has 1 heterocycles. The van der Waals surface area contributed by atoms with E-state index < -0.39 is 5.91 Å².